The van der Waals surface area contributed by atoms with Crippen LogP contribution in [0.15, 0.2) is 28.8 Å². The molecule has 0 atom stereocenters. The fourth-order valence-corrected chi connectivity index (χ4v) is 1.62. The lowest BCUT2D eigenvalue weighted by molar-refractivity contribution is -0.137. The molecule has 4 nitrogen and oxygen atoms in total. The number of likely N-dealkylation sites (N-methyl/N-ethyl adjacent to an activating group) is 1. The fourth-order valence-electron chi connectivity index (χ4n) is 1.62. The van der Waals surface area contributed by atoms with E-state index in [0.29, 0.717) is 18.8 Å². The Balaban J connectivity index is 2.34. The Morgan fingerprint density at radius 1 is 1.26 bits per heavy atom. The third-order valence-corrected chi connectivity index (χ3v) is 2.53. The molecule has 0 aliphatic heterocycles. The van der Waals surface area contributed by atoms with Crippen LogP contribution in [-0.4, -0.2) is 23.7 Å². The third-order valence-electron chi connectivity index (χ3n) is 2.53. The molecule has 0 amide bonds. The molecule has 0 saturated heterocycles. The Labute approximate surface area is 107 Å². The summed E-state index contributed by atoms with van der Waals surface area (Å²) in [4.78, 5) is 3.97. The molecule has 19 heavy (non-hydrogen) atoms. The Morgan fingerprint density at radius 3 is 2.68 bits per heavy atom. The highest BCUT2D eigenvalue weighted by atomic mass is 19.4. The van der Waals surface area contributed by atoms with Crippen LogP contribution in [-0.2, 0) is 12.6 Å². The number of rotatable bonds is 4. The van der Waals surface area contributed by atoms with Crippen molar-refractivity contribution in [2.75, 3.05) is 13.6 Å². The molecule has 1 heterocycles. The van der Waals surface area contributed by atoms with Crippen molar-refractivity contribution in [2.24, 2.45) is 0 Å². The van der Waals surface area contributed by atoms with E-state index in [-0.39, 0.29) is 11.5 Å². The van der Waals surface area contributed by atoms with Gasteiger partial charge in [-0.2, -0.15) is 18.2 Å². The molecule has 0 spiro atoms. The van der Waals surface area contributed by atoms with E-state index in [1.54, 1.807) is 7.05 Å². The summed E-state index contributed by atoms with van der Waals surface area (Å²) >= 11 is 0. The van der Waals surface area contributed by atoms with Gasteiger partial charge in [0.05, 0.1) is 11.1 Å². The minimum atomic E-state index is -4.45. The SMILES string of the molecule is CNCCc1noc(-c2ccccc2C(F)(F)F)n1. The number of nitrogens with zero attached hydrogens (tertiary/aromatic N) is 2. The lowest BCUT2D eigenvalue weighted by Crippen LogP contribution is -2.11. The summed E-state index contributed by atoms with van der Waals surface area (Å²) in [6.07, 6.45) is -3.95. The average molecular weight is 271 g/mol. The Hall–Kier alpha value is -1.89. The van der Waals surface area contributed by atoms with E-state index in [1.807, 2.05) is 0 Å². The molecule has 0 unspecified atom stereocenters. The number of aromatic nitrogens is 2. The number of halogens is 3. The second-order valence-corrected chi connectivity index (χ2v) is 3.91. The third kappa shape index (κ3) is 3.11. The second kappa shape index (κ2) is 5.40. The van der Waals surface area contributed by atoms with Crippen LogP contribution in [0.25, 0.3) is 11.5 Å². The monoisotopic (exact) mass is 271 g/mol. The molecule has 0 radical (unpaired) electrons. The Morgan fingerprint density at radius 2 is 2.00 bits per heavy atom. The fraction of sp³-hybridized carbons (Fsp3) is 0.333. The van der Waals surface area contributed by atoms with Gasteiger partial charge in [-0.3, -0.25) is 0 Å². The van der Waals surface area contributed by atoms with Crippen LogP contribution in [0.5, 0.6) is 0 Å². The maximum Gasteiger partial charge on any atom is 0.417 e. The van der Waals surface area contributed by atoms with Crippen molar-refractivity contribution in [3.8, 4) is 11.5 Å². The van der Waals surface area contributed by atoms with E-state index in [0.717, 1.165) is 6.07 Å². The Kier molecular flexibility index (Phi) is 3.84. The molecule has 1 N–H and O–H groups in total. The molecule has 0 aliphatic carbocycles. The van der Waals surface area contributed by atoms with E-state index in [2.05, 4.69) is 15.5 Å². The minimum absolute atomic E-state index is 0.0989. The lowest BCUT2D eigenvalue weighted by Gasteiger charge is -2.09. The summed E-state index contributed by atoms with van der Waals surface area (Å²) < 4.78 is 43.4. The molecular formula is C12H12F3N3O. The van der Waals surface area contributed by atoms with Crippen molar-refractivity contribution in [2.45, 2.75) is 12.6 Å². The second-order valence-electron chi connectivity index (χ2n) is 3.91. The molecule has 102 valence electrons. The van der Waals surface area contributed by atoms with Crippen molar-refractivity contribution in [1.29, 1.82) is 0 Å². The van der Waals surface area contributed by atoms with E-state index in [1.165, 1.54) is 18.2 Å². The summed E-state index contributed by atoms with van der Waals surface area (Å²) in [7, 11) is 1.76. The van der Waals surface area contributed by atoms with Crippen LogP contribution in [0.4, 0.5) is 13.2 Å². The van der Waals surface area contributed by atoms with Crippen LogP contribution >= 0.6 is 0 Å². The molecule has 0 saturated carbocycles. The minimum Gasteiger partial charge on any atom is -0.334 e. The quantitative estimate of drug-likeness (QED) is 0.928. The van der Waals surface area contributed by atoms with E-state index < -0.39 is 11.7 Å². The first kappa shape index (κ1) is 13.5. The van der Waals surface area contributed by atoms with Gasteiger partial charge in [-0.1, -0.05) is 17.3 Å². The smallest absolute Gasteiger partial charge is 0.334 e. The average Bonchev–Trinajstić information content (AvgIpc) is 2.84. The predicted octanol–water partition coefficient (Wildman–Crippen LogP) is 2.52. The van der Waals surface area contributed by atoms with Gasteiger partial charge in [0.25, 0.3) is 5.89 Å². The maximum absolute atomic E-state index is 12.8. The van der Waals surface area contributed by atoms with Crippen molar-refractivity contribution in [1.82, 2.24) is 15.5 Å². The van der Waals surface area contributed by atoms with E-state index >= 15 is 0 Å². The van der Waals surface area contributed by atoms with Crippen molar-refractivity contribution >= 4 is 0 Å². The number of hydrogen-bond donors (Lipinski definition) is 1. The number of alkyl halides is 3. The van der Waals surface area contributed by atoms with Gasteiger partial charge in [-0.05, 0) is 19.2 Å². The summed E-state index contributed by atoms with van der Waals surface area (Å²) in [5.41, 5.74) is -0.878. The van der Waals surface area contributed by atoms with Gasteiger partial charge in [0.2, 0.25) is 0 Å². The van der Waals surface area contributed by atoms with Gasteiger partial charge in [-0.15, -0.1) is 0 Å². The summed E-state index contributed by atoms with van der Waals surface area (Å²) in [6.45, 7) is 0.625. The molecular weight excluding hydrogens is 259 g/mol. The van der Waals surface area contributed by atoms with Gasteiger partial charge in [0.15, 0.2) is 5.82 Å². The summed E-state index contributed by atoms with van der Waals surface area (Å²) in [5.74, 6) is 0.264. The van der Waals surface area contributed by atoms with Gasteiger partial charge in [0, 0.05) is 13.0 Å². The highest BCUT2D eigenvalue weighted by molar-refractivity contribution is 5.59. The van der Waals surface area contributed by atoms with Crippen LogP contribution in [0.3, 0.4) is 0 Å². The van der Waals surface area contributed by atoms with Gasteiger partial charge in [0.1, 0.15) is 0 Å². The molecule has 0 aliphatic rings. The van der Waals surface area contributed by atoms with E-state index in [4.69, 9.17) is 4.52 Å². The van der Waals surface area contributed by atoms with E-state index in [9.17, 15) is 13.2 Å². The van der Waals surface area contributed by atoms with Gasteiger partial charge in [-0.25, -0.2) is 0 Å². The van der Waals surface area contributed by atoms with Crippen molar-refractivity contribution in [3.05, 3.63) is 35.7 Å². The first-order chi connectivity index (χ1) is 9.02. The number of benzene rings is 1. The molecule has 0 fully saturated rings. The first-order valence-corrected chi connectivity index (χ1v) is 5.66. The predicted molar refractivity (Wildman–Crippen MR) is 62.4 cm³/mol. The largest absolute Gasteiger partial charge is 0.417 e. The van der Waals surface area contributed by atoms with Crippen molar-refractivity contribution < 1.29 is 17.7 Å². The molecule has 0 bridgehead atoms. The van der Waals surface area contributed by atoms with Crippen LogP contribution in [0.1, 0.15) is 11.4 Å². The maximum atomic E-state index is 12.8. The molecule has 7 heteroatoms. The van der Waals surface area contributed by atoms with Crippen LogP contribution < -0.4 is 5.32 Å². The highest BCUT2D eigenvalue weighted by Gasteiger charge is 2.34. The Bertz CT molecular complexity index is 551. The molecule has 1 aromatic carbocycles. The normalized spacial score (nSPS) is 11.8. The zero-order valence-electron chi connectivity index (χ0n) is 10.2. The summed E-state index contributed by atoms with van der Waals surface area (Å²) in [5, 5.41) is 6.56. The summed E-state index contributed by atoms with van der Waals surface area (Å²) in [6, 6.07) is 5.14. The zero-order valence-corrected chi connectivity index (χ0v) is 10.2. The van der Waals surface area contributed by atoms with Crippen molar-refractivity contribution in [3.63, 3.8) is 0 Å². The lowest BCUT2D eigenvalue weighted by atomic mass is 10.1. The van der Waals surface area contributed by atoms with Gasteiger partial charge < -0.3 is 9.84 Å². The van der Waals surface area contributed by atoms with Gasteiger partial charge >= 0.3 is 6.18 Å². The topological polar surface area (TPSA) is 51.0 Å². The molecule has 1 aromatic heterocycles. The number of nitrogens with one attached hydrogen (secondary N) is 1. The van der Waals surface area contributed by atoms with Crippen LogP contribution in [0, 0.1) is 0 Å². The molecule has 2 aromatic rings. The zero-order chi connectivity index (χ0) is 13.9. The first-order valence-electron chi connectivity index (χ1n) is 5.66. The molecule has 2 rings (SSSR count). The number of hydrogen-bond acceptors (Lipinski definition) is 4. The standard InChI is InChI=1S/C12H12F3N3O/c1-16-7-6-10-17-11(19-18-10)8-4-2-3-5-9(8)12(13,14)15/h2-5,16H,6-7H2,1H3. The highest BCUT2D eigenvalue weighted by Crippen LogP contribution is 2.36. The van der Waals surface area contributed by atoms with Crippen LogP contribution in [0.2, 0.25) is 0 Å².